The molecule has 1 saturated heterocycles. The van der Waals surface area contributed by atoms with Crippen LogP contribution in [-0.4, -0.2) is 41.0 Å². The predicted octanol–water partition coefficient (Wildman–Crippen LogP) is 0.156. The Balaban J connectivity index is 2.14. The second-order valence-corrected chi connectivity index (χ2v) is 3.40. The third-order valence-corrected chi connectivity index (χ3v) is 1.97. The smallest absolute Gasteiger partial charge is 0.317 e. The van der Waals surface area contributed by atoms with Gasteiger partial charge in [-0.2, -0.15) is 0 Å². The van der Waals surface area contributed by atoms with Crippen molar-refractivity contribution in [2.75, 3.05) is 26.2 Å². The molecule has 1 fully saturated rings. The molecule has 0 saturated carbocycles. The van der Waals surface area contributed by atoms with E-state index in [2.05, 4.69) is 10.6 Å². The van der Waals surface area contributed by atoms with E-state index in [0.717, 1.165) is 6.54 Å². The van der Waals surface area contributed by atoms with Crippen molar-refractivity contribution in [3.8, 4) is 0 Å². The molecule has 3 amide bonds. The number of hydrogen-bond acceptors (Lipinski definition) is 2. The van der Waals surface area contributed by atoms with Gasteiger partial charge in [-0.3, -0.25) is 4.79 Å². The summed E-state index contributed by atoms with van der Waals surface area (Å²) in [6.45, 7) is 2.54. The molecule has 0 unspecified atom stereocenters. The summed E-state index contributed by atoms with van der Waals surface area (Å²) >= 11 is 1.67. The van der Waals surface area contributed by atoms with Crippen molar-refractivity contribution in [2.45, 2.75) is 0 Å². The Hall–Kier alpha value is -0.530. The minimum absolute atomic E-state index is 0.0438. The number of halogens is 1. The van der Waals surface area contributed by atoms with E-state index < -0.39 is 0 Å². The van der Waals surface area contributed by atoms with Gasteiger partial charge < -0.3 is 15.5 Å². The molecule has 0 aliphatic carbocycles. The predicted molar refractivity (Wildman–Crippen MR) is 52.4 cm³/mol. The summed E-state index contributed by atoms with van der Waals surface area (Å²) in [5.74, 6) is 0. The van der Waals surface area contributed by atoms with Gasteiger partial charge in [-0.1, -0.05) is 0 Å². The molecule has 0 spiro atoms. The first kappa shape index (κ1) is 9.56. The summed E-state index contributed by atoms with van der Waals surface area (Å²) in [6, 6.07) is -0.0438. The monoisotopic (exact) mass is 283 g/mol. The van der Waals surface area contributed by atoms with Crippen LogP contribution >= 0.6 is 22.6 Å². The molecule has 0 aromatic heterocycles. The van der Waals surface area contributed by atoms with Gasteiger partial charge in [0.25, 0.3) is 3.91 Å². The van der Waals surface area contributed by atoms with Gasteiger partial charge in [-0.05, 0) is 0 Å². The van der Waals surface area contributed by atoms with Gasteiger partial charge in [-0.25, -0.2) is 4.79 Å². The molecule has 1 rings (SSSR count). The van der Waals surface area contributed by atoms with Gasteiger partial charge in [0.05, 0.1) is 0 Å². The van der Waals surface area contributed by atoms with E-state index in [1.807, 2.05) is 0 Å². The summed E-state index contributed by atoms with van der Waals surface area (Å²) < 4.78 is -0.0906. The van der Waals surface area contributed by atoms with E-state index in [-0.39, 0.29) is 9.95 Å². The highest BCUT2D eigenvalue weighted by Crippen LogP contribution is 1.94. The fraction of sp³-hybridized carbons (Fsp3) is 0.667. The summed E-state index contributed by atoms with van der Waals surface area (Å²) in [7, 11) is 0. The molecule has 0 atom stereocenters. The van der Waals surface area contributed by atoms with E-state index in [4.69, 9.17) is 0 Å². The van der Waals surface area contributed by atoms with Crippen molar-refractivity contribution in [1.29, 1.82) is 0 Å². The molecule has 1 aliphatic heterocycles. The van der Waals surface area contributed by atoms with E-state index in [1.54, 1.807) is 27.5 Å². The van der Waals surface area contributed by atoms with E-state index >= 15 is 0 Å². The van der Waals surface area contributed by atoms with E-state index in [9.17, 15) is 9.59 Å². The summed E-state index contributed by atoms with van der Waals surface area (Å²) in [6.07, 6.45) is 0. The molecule has 0 bridgehead atoms. The zero-order valence-electron chi connectivity index (χ0n) is 6.47. The molecule has 12 heavy (non-hydrogen) atoms. The lowest BCUT2D eigenvalue weighted by molar-refractivity contribution is 0.217. The lowest BCUT2D eigenvalue weighted by Gasteiger charge is -2.13. The first-order chi connectivity index (χ1) is 5.70. The second-order valence-electron chi connectivity index (χ2n) is 2.42. The van der Waals surface area contributed by atoms with Crippen LogP contribution in [-0.2, 0) is 0 Å². The number of hydrogen-bond donors (Lipinski definition) is 2. The Kier molecular flexibility index (Phi) is 3.57. The third kappa shape index (κ3) is 2.84. The number of carbonyl (C=O) groups excluding carboxylic acids is 2. The van der Waals surface area contributed by atoms with Crippen LogP contribution in [0.3, 0.4) is 0 Å². The van der Waals surface area contributed by atoms with Crippen LogP contribution in [0.1, 0.15) is 0 Å². The first-order valence-electron chi connectivity index (χ1n) is 3.66. The van der Waals surface area contributed by atoms with Crippen molar-refractivity contribution in [2.24, 2.45) is 0 Å². The number of nitrogens with one attached hydrogen (secondary N) is 2. The van der Waals surface area contributed by atoms with Gasteiger partial charge in [0.15, 0.2) is 0 Å². The second kappa shape index (κ2) is 4.48. The van der Waals surface area contributed by atoms with Crippen molar-refractivity contribution >= 4 is 32.5 Å². The maximum atomic E-state index is 11.0. The molecular formula is C6H10IN3O2. The van der Waals surface area contributed by atoms with Crippen molar-refractivity contribution in [3.63, 3.8) is 0 Å². The average Bonchev–Trinajstić information content (AvgIpc) is 2.36. The average molecular weight is 283 g/mol. The lowest BCUT2D eigenvalue weighted by atomic mass is 10.5. The fourth-order valence-corrected chi connectivity index (χ4v) is 1.28. The maximum Gasteiger partial charge on any atom is 0.317 e. The highest BCUT2D eigenvalue weighted by Gasteiger charge is 2.18. The molecule has 2 N–H and O–H groups in total. The zero-order valence-corrected chi connectivity index (χ0v) is 8.63. The van der Waals surface area contributed by atoms with Gasteiger partial charge in [0.2, 0.25) is 0 Å². The van der Waals surface area contributed by atoms with Crippen LogP contribution < -0.4 is 10.6 Å². The van der Waals surface area contributed by atoms with Crippen molar-refractivity contribution in [3.05, 3.63) is 0 Å². The molecule has 6 heteroatoms. The normalized spacial score (nSPS) is 16.1. The number of carbonyl (C=O) groups is 2. The van der Waals surface area contributed by atoms with E-state index in [1.165, 1.54) is 0 Å². The molecule has 68 valence electrons. The molecular weight excluding hydrogens is 273 g/mol. The minimum atomic E-state index is -0.0906. The maximum absolute atomic E-state index is 11.0. The van der Waals surface area contributed by atoms with Crippen molar-refractivity contribution < 1.29 is 9.59 Å². The SMILES string of the molecule is O=C(I)NCCN1CCNC1=O. The molecule has 0 radical (unpaired) electrons. The van der Waals surface area contributed by atoms with Crippen LogP contribution in [0.15, 0.2) is 0 Å². The highest BCUT2D eigenvalue weighted by atomic mass is 127. The topological polar surface area (TPSA) is 61.4 Å². The van der Waals surface area contributed by atoms with Gasteiger partial charge in [0.1, 0.15) is 0 Å². The standard InChI is InChI=1S/C6H10IN3O2/c7-5(11)8-1-3-10-4-2-9-6(10)12/h1-4H2,(H,8,11)(H,9,12). The number of urea groups is 1. The van der Waals surface area contributed by atoms with Crippen LogP contribution in [0.2, 0.25) is 0 Å². The fourth-order valence-electron chi connectivity index (χ4n) is 1.01. The number of rotatable bonds is 3. The molecule has 1 aliphatic rings. The van der Waals surface area contributed by atoms with Gasteiger partial charge in [-0.15, -0.1) is 0 Å². The van der Waals surface area contributed by atoms with Crippen molar-refractivity contribution in [1.82, 2.24) is 15.5 Å². The summed E-state index contributed by atoms with van der Waals surface area (Å²) in [5.41, 5.74) is 0. The first-order valence-corrected chi connectivity index (χ1v) is 4.74. The van der Waals surface area contributed by atoms with Gasteiger partial charge >= 0.3 is 6.03 Å². The molecule has 5 nitrogen and oxygen atoms in total. The van der Waals surface area contributed by atoms with E-state index in [0.29, 0.717) is 19.6 Å². The largest absolute Gasteiger partial charge is 0.346 e. The molecule has 1 heterocycles. The Labute approximate surface area is 84.0 Å². The Morgan fingerprint density at radius 3 is 3.00 bits per heavy atom. The minimum Gasteiger partial charge on any atom is -0.346 e. The lowest BCUT2D eigenvalue weighted by Crippen LogP contribution is -2.35. The molecule has 0 aromatic rings. The molecule has 0 aromatic carbocycles. The Morgan fingerprint density at radius 2 is 2.50 bits per heavy atom. The quantitative estimate of drug-likeness (QED) is 0.440. The van der Waals surface area contributed by atoms with Crippen LogP contribution in [0, 0.1) is 0 Å². The third-order valence-electron chi connectivity index (χ3n) is 1.59. The summed E-state index contributed by atoms with van der Waals surface area (Å²) in [5, 5.41) is 5.30. The number of amides is 3. The Morgan fingerprint density at radius 1 is 1.75 bits per heavy atom. The Bertz CT molecular complexity index is 197. The van der Waals surface area contributed by atoms with Gasteiger partial charge in [0, 0.05) is 48.8 Å². The van der Waals surface area contributed by atoms with Crippen LogP contribution in [0.25, 0.3) is 0 Å². The van der Waals surface area contributed by atoms with Crippen LogP contribution in [0.5, 0.6) is 0 Å². The zero-order chi connectivity index (χ0) is 8.97. The summed E-state index contributed by atoms with van der Waals surface area (Å²) in [4.78, 5) is 23.1. The van der Waals surface area contributed by atoms with Crippen LogP contribution in [0.4, 0.5) is 9.59 Å². The number of nitrogens with zero attached hydrogens (tertiary/aromatic N) is 1. The highest BCUT2D eigenvalue weighted by molar-refractivity contribution is 14.1.